The fraction of sp³-hybridized carbons (Fsp3) is 0.273. The van der Waals surface area contributed by atoms with Gasteiger partial charge in [0.2, 0.25) is 0 Å². The topological polar surface area (TPSA) is 46.0 Å². The molecule has 4 heteroatoms. The summed E-state index contributed by atoms with van der Waals surface area (Å²) in [5.41, 5.74) is 1.86. The normalized spacial score (nSPS) is 10.5. The molecule has 0 aliphatic rings. The minimum absolute atomic E-state index is 0.0186. The van der Waals surface area contributed by atoms with Crippen LogP contribution in [0.2, 0.25) is 0 Å². The Kier molecular flexibility index (Phi) is 3.08. The van der Waals surface area contributed by atoms with Crippen LogP contribution in [0.15, 0.2) is 24.5 Å². The lowest BCUT2D eigenvalue weighted by Gasteiger charge is -1.92. The van der Waals surface area contributed by atoms with Crippen LogP contribution in [0.3, 0.4) is 0 Å². The smallest absolute Gasteiger partial charge is 0.124 e. The van der Waals surface area contributed by atoms with Crippen molar-refractivity contribution in [3.63, 3.8) is 0 Å². The second kappa shape index (κ2) is 4.51. The standard InChI is InChI=1S/C11H12N2OS/c1-2-10-9(7-14)13-11(15-10)8-3-5-12-6-4-8/h3-6,14H,2,7H2,1H3. The second-order valence-electron chi connectivity index (χ2n) is 3.14. The van der Waals surface area contributed by atoms with Gasteiger partial charge >= 0.3 is 0 Å². The van der Waals surface area contributed by atoms with Gasteiger partial charge in [0.25, 0.3) is 0 Å². The van der Waals surface area contributed by atoms with E-state index >= 15 is 0 Å². The van der Waals surface area contributed by atoms with Gasteiger partial charge in [-0.25, -0.2) is 4.98 Å². The van der Waals surface area contributed by atoms with Crippen molar-refractivity contribution in [2.45, 2.75) is 20.0 Å². The van der Waals surface area contributed by atoms with Crippen molar-refractivity contribution in [3.05, 3.63) is 35.1 Å². The van der Waals surface area contributed by atoms with Crippen LogP contribution in [0.25, 0.3) is 10.6 Å². The SMILES string of the molecule is CCc1sc(-c2ccncc2)nc1CO. The highest BCUT2D eigenvalue weighted by molar-refractivity contribution is 7.15. The number of thiazole rings is 1. The molecule has 0 unspecified atom stereocenters. The van der Waals surface area contributed by atoms with E-state index in [9.17, 15) is 0 Å². The van der Waals surface area contributed by atoms with Crippen molar-refractivity contribution in [2.75, 3.05) is 0 Å². The molecule has 0 aliphatic heterocycles. The molecule has 0 aromatic carbocycles. The van der Waals surface area contributed by atoms with E-state index in [4.69, 9.17) is 5.11 Å². The number of aliphatic hydroxyl groups is 1. The summed E-state index contributed by atoms with van der Waals surface area (Å²) < 4.78 is 0. The van der Waals surface area contributed by atoms with Crippen LogP contribution in [0.4, 0.5) is 0 Å². The van der Waals surface area contributed by atoms with Gasteiger partial charge in [-0.1, -0.05) is 6.92 Å². The summed E-state index contributed by atoms with van der Waals surface area (Å²) >= 11 is 1.64. The third-order valence-electron chi connectivity index (χ3n) is 2.18. The Balaban J connectivity index is 2.42. The zero-order chi connectivity index (χ0) is 10.7. The number of hydrogen-bond donors (Lipinski definition) is 1. The summed E-state index contributed by atoms with van der Waals surface area (Å²) in [6.45, 7) is 2.09. The largest absolute Gasteiger partial charge is 0.390 e. The molecule has 0 bridgehead atoms. The molecule has 2 aromatic heterocycles. The molecule has 2 heterocycles. The van der Waals surface area contributed by atoms with Crippen molar-refractivity contribution < 1.29 is 5.11 Å². The third kappa shape index (κ3) is 2.06. The Morgan fingerprint density at radius 3 is 2.60 bits per heavy atom. The van der Waals surface area contributed by atoms with Crippen molar-refractivity contribution in [1.29, 1.82) is 0 Å². The Hall–Kier alpha value is -1.26. The van der Waals surface area contributed by atoms with E-state index in [-0.39, 0.29) is 6.61 Å². The molecule has 0 fully saturated rings. The molecule has 0 atom stereocenters. The minimum Gasteiger partial charge on any atom is -0.390 e. The van der Waals surface area contributed by atoms with Crippen molar-refractivity contribution in [2.24, 2.45) is 0 Å². The van der Waals surface area contributed by atoms with Crippen LogP contribution in [0, 0.1) is 0 Å². The first-order valence-electron chi connectivity index (χ1n) is 4.85. The molecule has 0 amide bonds. The summed E-state index contributed by atoms with van der Waals surface area (Å²) in [4.78, 5) is 9.54. The Labute approximate surface area is 92.5 Å². The quantitative estimate of drug-likeness (QED) is 0.863. The predicted molar refractivity (Wildman–Crippen MR) is 60.6 cm³/mol. The maximum Gasteiger partial charge on any atom is 0.124 e. The number of aliphatic hydroxyl groups excluding tert-OH is 1. The summed E-state index contributed by atoms with van der Waals surface area (Å²) in [5.74, 6) is 0. The predicted octanol–water partition coefficient (Wildman–Crippen LogP) is 2.26. The van der Waals surface area contributed by atoms with Crippen LogP contribution >= 0.6 is 11.3 Å². The number of hydrogen-bond acceptors (Lipinski definition) is 4. The van der Waals surface area contributed by atoms with Gasteiger partial charge in [0, 0.05) is 22.8 Å². The van der Waals surface area contributed by atoms with E-state index in [1.54, 1.807) is 23.7 Å². The monoisotopic (exact) mass is 220 g/mol. The van der Waals surface area contributed by atoms with E-state index < -0.39 is 0 Å². The van der Waals surface area contributed by atoms with E-state index in [0.717, 1.165) is 27.6 Å². The zero-order valence-electron chi connectivity index (χ0n) is 8.47. The molecule has 2 rings (SSSR count). The molecule has 2 aromatic rings. The van der Waals surface area contributed by atoms with E-state index in [0.29, 0.717) is 0 Å². The summed E-state index contributed by atoms with van der Waals surface area (Å²) in [6.07, 6.45) is 4.42. The Morgan fingerprint density at radius 2 is 2.07 bits per heavy atom. The van der Waals surface area contributed by atoms with Crippen LogP contribution in [-0.2, 0) is 13.0 Å². The number of aryl methyl sites for hydroxylation is 1. The molecular formula is C11H12N2OS. The molecule has 0 radical (unpaired) electrons. The summed E-state index contributed by atoms with van der Waals surface area (Å²) in [6, 6.07) is 3.86. The van der Waals surface area contributed by atoms with Gasteiger partial charge in [0.05, 0.1) is 12.3 Å². The maximum absolute atomic E-state index is 9.14. The molecule has 3 nitrogen and oxygen atoms in total. The van der Waals surface area contributed by atoms with Crippen LogP contribution in [-0.4, -0.2) is 15.1 Å². The van der Waals surface area contributed by atoms with Gasteiger partial charge < -0.3 is 5.11 Å². The van der Waals surface area contributed by atoms with E-state index in [1.807, 2.05) is 12.1 Å². The number of nitrogens with zero attached hydrogens (tertiary/aromatic N) is 2. The highest BCUT2D eigenvalue weighted by Crippen LogP contribution is 2.27. The lowest BCUT2D eigenvalue weighted by atomic mass is 10.3. The molecule has 0 saturated carbocycles. The molecule has 1 N–H and O–H groups in total. The van der Waals surface area contributed by atoms with Gasteiger partial charge in [-0.2, -0.15) is 0 Å². The van der Waals surface area contributed by atoms with Crippen LogP contribution in [0.1, 0.15) is 17.5 Å². The maximum atomic E-state index is 9.14. The first kappa shape index (κ1) is 10.3. The van der Waals surface area contributed by atoms with Crippen LogP contribution < -0.4 is 0 Å². The fourth-order valence-electron chi connectivity index (χ4n) is 1.40. The lowest BCUT2D eigenvalue weighted by Crippen LogP contribution is -1.88. The molecule has 15 heavy (non-hydrogen) atoms. The lowest BCUT2D eigenvalue weighted by molar-refractivity contribution is 0.276. The number of rotatable bonds is 3. The fourth-order valence-corrected chi connectivity index (χ4v) is 2.42. The average Bonchev–Trinajstić information content (AvgIpc) is 2.73. The third-order valence-corrected chi connectivity index (χ3v) is 3.47. The Bertz CT molecular complexity index is 418. The molecule has 78 valence electrons. The average molecular weight is 220 g/mol. The first-order valence-corrected chi connectivity index (χ1v) is 5.66. The van der Waals surface area contributed by atoms with Crippen LogP contribution in [0.5, 0.6) is 0 Å². The second-order valence-corrected chi connectivity index (χ2v) is 4.22. The molecule has 0 aliphatic carbocycles. The minimum atomic E-state index is 0.0186. The summed E-state index contributed by atoms with van der Waals surface area (Å²) in [7, 11) is 0. The van der Waals surface area contributed by atoms with Crippen molar-refractivity contribution in [3.8, 4) is 10.6 Å². The summed E-state index contributed by atoms with van der Waals surface area (Å²) in [5, 5.41) is 10.1. The number of pyridine rings is 1. The first-order chi connectivity index (χ1) is 7.35. The van der Waals surface area contributed by atoms with Gasteiger partial charge in [-0.3, -0.25) is 4.98 Å². The zero-order valence-corrected chi connectivity index (χ0v) is 9.29. The van der Waals surface area contributed by atoms with Gasteiger partial charge in [-0.05, 0) is 18.6 Å². The van der Waals surface area contributed by atoms with E-state index in [2.05, 4.69) is 16.9 Å². The highest BCUT2D eigenvalue weighted by atomic mass is 32.1. The van der Waals surface area contributed by atoms with Crippen molar-refractivity contribution >= 4 is 11.3 Å². The highest BCUT2D eigenvalue weighted by Gasteiger charge is 2.09. The van der Waals surface area contributed by atoms with Crippen molar-refractivity contribution in [1.82, 2.24) is 9.97 Å². The van der Waals surface area contributed by atoms with Gasteiger partial charge in [0.1, 0.15) is 5.01 Å². The Morgan fingerprint density at radius 1 is 1.33 bits per heavy atom. The molecular weight excluding hydrogens is 208 g/mol. The molecule has 0 spiro atoms. The molecule has 0 saturated heterocycles. The number of aromatic nitrogens is 2. The van der Waals surface area contributed by atoms with E-state index in [1.165, 1.54) is 0 Å². The van der Waals surface area contributed by atoms with Gasteiger partial charge in [0.15, 0.2) is 0 Å². The van der Waals surface area contributed by atoms with Gasteiger partial charge in [-0.15, -0.1) is 11.3 Å².